The monoisotopic (exact) mass is 1330 g/mol. The maximum atomic E-state index is 13.3. The number of hydrogen-bond acceptors (Lipinski definition) is 26. The summed E-state index contributed by atoms with van der Waals surface area (Å²) in [7, 11) is -45.0. The van der Waals surface area contributed by atoms with Gasteiger partial charge in [0.15, 0.2) is 20.6 Å². The van der Waals surface area contributed by atoms with Gasteiger partial charge < -0.3 is 17.5 Å². The van der Waals surface area contributed by atoms with Crippen LogP contribution in [0.25, 0.3) is 0 Å². The first-order chi connectivity index (χ1) is 38.4. The Morgan fingerprint density at radius 1 is 0.310 bits per heavy atom. The molecule has 2 heterocycles. The van der Waals surface area contributed by atoms with Crippen molar-refractivity contribution in [3.8, 4) is 11.5 Å². The number of rotatable bonds is 24. The van der Waals surface area contributed by atoms with E-state index in [-0.39, 0.29) is 92.9 Å². The molecule has 0 spiro atoms. The van der Waals surface area contributed by atoms with E-state index in [1.54, 1.807) is 24.3 Å². The van der Waals surface area contributed by atoms with Gasteiger partial charge in [-0.25, -0.2) is 24.8 Å². The van der Waals surface area contributed by atoms with Crippen molar-refractivity contribution in [1.29, 1.82) is 0 Å². The van der Waals surface area contributed by atoms with Crippen LogP contribution in [-0.4, -0.2) is 94.4 Å². The van der Waals surface area contributed by atoms with Crippen LogP contribution in [0.15, 0.2) is 212 Å². The van der Waals surface area contributed by atoms with E-state index in [0.717, 1.165) is 24.3 Å². The van der Waals surface area contributed by atoms with Gasteiger partial charge in [0.25, 0.3) is 10.3 Å². The smallest absolute Gasteiger partial charge is 0.730 e. The number of para-hydroxylation sites is 2. The topological polar surface area (TPSA) is 410 Å². The molecule has 8 rings (SSSR count). The van der Waals surface area contributed by atoms with E-state index in [0.29, 0.717) is 0 Å². The molecule has 0 aliphatic carbocycles. The molecule has 0 aliphatic rings. The second-order valence-electron chi connectivity index (χ2n) is 16.0. The minimum Gasteiger partial charge on any atom is -0.730 e. The van der Waals surface area contributed by atoms with Crippen LogP contribution in [0.4, 0.5) is 0 Å². The van der Waals surface area contributed by atoms with Gasteiger partial charge in [-0.2, -0.15) is 60.5 Å². The molecule has 8 aromatic rings. The Morgan fingerprint density at radius 2 is 0.524 bits per heavy atom. The summed E-state index contributed by atoms with van der Waals surface area (Å²) < 4.78 is 259. The second-order valence-corrected chi connectivity index (χ2v) is 27.4. The van der Waals surface area contributed by atoms with Gasteiger partial charge in [0, 0.05) is 0 Å². The van der Waals surface area contributed by atoms with Crippen LogP contribution in [-0.2, 0) is 124 Å². The Hall–Kier alpha value is -5.30. The molecule has 0 fully saturated rings. The van der Waals surface area contributed by atoms with Crippen LogP contribution in [0.1, 0.15) is 22.3 Å². The fourth-order valence-corrected chi connectivity index (χ4v) is 16.9. The largest absolute Gasteiger partial charge is 1.00 e. The third-order valence-electron chi connectivity index (χ3n) is 10.1. The van der Waals surface area contributed by atoms with Crippen molar-refractivity contribution < 1.29 is 161 Å². The van der Waals surface area contributed by atoms with E-state index < -0.39 is 146 Å². The van der Waals surface area contributed by atoms with Crippen molar-refractivity contribution in [1.82, 2.24) is 17.9 Å². The van der Waals surface area contributed by atoms with E-state index in [1.807, 2.05) is 0 Å². The first-order valence-corrected chi connectivity index (χ1v) is 33.5. The van der Waals surface area contributed by atoms with E-state index in [2.05, 4.69) is 9.97 Å². The maximum absolute atomic E-state index is 13.3. The Balaban J connectivity index is 0.000000300. The molecule has 6 aromatic carbocycles. The van der Waals surface area contributed by atoms with Crippen molar-refractivity contribution in [3.63, 3.8) is 0 Å². The van der Waals surface area contributed by atoms with Gasteiger partial charge >= 0.3 is 120 Å². The molecule has 0 aliphatic heterocycles. The van der Waals surface area contributed by atoms with Crippen LogP contribution >= 0.6 is 0 Å². The quantitative estimate of drug-likeness (QED) is 0.0344. The van der Waals surface area contributed by atoms with Crippen LogP contribution in [0, 0.1) is 0 Å². The van der Waals surface area contributed by atoms with Gasteiger partial charge in [0.1, 0.15) is 11.5 Å². The van der Waals surface area contributed by atoms with Crippen molar-refractivity contribution >= 4 is 81.3 Å². The molecule has 436 valence electrons. The van der Waals surface area contributed by atoms with Crippen LogP contribution < -0.4 is 67.5 Å². The predicted octanol–water partition coefficient (Wildman–Crippen LogP) is -2.45. The summed E-state index contributed by atoms with van der Waals surface area (Å²) in [4.78, 5) is 6.50. The fraction of sp³-hybridized carbons (Fsp3) is 0.0870. The maximum Gasteiger partial charge on any atom is 1.00 e. The molecule has 0 amide bonds. The SMILES string of the molecule is O=S(=O)(Oc1ccccc1)c1nc(S(=O)(=O)OCc2ccccc2)n(S(=O)(=O)[O-])c1S(=O)(=O)OCc1ccccc1.O=S(=O)(Oc1ccccc1)c1nc(S(=O)(=O)OCc2ccccc2)n(S(=O)(=O)[O-])c1S(=O)(=O)OCc1ccccc1.[Na+].[Na+]. The molecule has 0 bridgehead atoms. The summed E-state index contributed by atoms with van der Waals surface area (Å²) in [6, 6.07) is 43.3. The molecule has 28 nitrogen and oxygen atoms in total. The van der Waals surface area contributed by atoms with Gasteiger partial charge in [0.2, 0.25) is 20.1 Å². The Kier molecular flexibility index (Phi) is 23.5. The summed E-state index contributed by atoms with van der Waals surface area (Å²) in [5.74, 6) is -0.740. The van der Waals surface area contributed by atoms with Gasteiger partial charge in [-0.15, -0.1) is 0 Å². The molecule has 0 unspecified atom stereocenters. The summed E-state index contributed by atoms with van der Waals surface area (Å²) >= 11 is 0. The minimum atomic E-state index is -6.14. The van der Waals surface area contributed by atoms with Gasteiger partial charge in [0.05, 0.1) is 26.4 Å². The van der Waals surface area contributed by atoms with Crippen molar-refractivity contribution in [3.05, 3.63) is 204 Å². The van der Waals surface area contributed by atoms with E-state index in [4.69, 9.17) is 25.1 Å². The number of imidazole rings is 2. The first kappa shape index (κ1) is 69.5. The number of benzene rings is 6. The summed E-state index contributed by atoms with van der Waals surface area (Å²) in [6.07, 6.45) is 0. The van der Waals surface area contributed by atoms with E-state index in [9.17, 15) is 76.4 Å². The van der Waals surface area contributed by atoms with Gasteiger partial charge in [-0.1, -0.05) is 158 Å². The molecule has 0 saturated carbocycles. The van der Waals surface area contributed by atoms with Crippen LogP contribution in [0.5, 0.6) is 11.5 Å². The van der Waals surface area contributed by atoms with Crippen LogP contribution in [0.3, 0.4) is 0 Å². The standard InChI is InChI=1S/2C23H20N2O12S4.2Na/c2*26-38(27,37-20-14-8-3-9-15-20)21-22(39(28,29)35-16-18-10-4-1-5-11-18)25(41(32,33)34)23(24-21)40(30,31)36-17-19-12-6-2-7-13-19;;/h2*1-15H,16-17H2,(H,32,33,34);;/q;;2*+1/p-2. The molecule has 0 saturated heterocycles. The van der Waals surface area contributed by atoms with Crippen molar-refractivity contribution in [2.24, 2.45) is 0 Å². The zero-order chi connectivity index (χ0) is 59.8. The zero-order valence-electron chi connectivity index (χ0n) is 43.0. The van der Waals surface area contributed by atoms with E-state index in [1.165, 1.54) is 133 Å². The molecule has 0 N–H and O–H groups in total. The molecular formula is C46H38N4Na2O24S8. The summed E-state index contributed by atoms with van der Waals surface area (Å²) in [5.41, 5.74) is 1.05. The van der Waals surface area contributed by atoms with Crippen molar-refractivity contribution in [2.75, 3.05) is 0 Å². The summed E-state index contributed by atoms with van der Waals surface area (Å²) in [6.45, 7) is -2.91. The average molecular weight is 1330 g/mol. The van der Waals surface area contributed by atoms with Crippen molar-refractivity contribution in [2.45, 2.75) is 56.8 Å². The Bertz CT molecular complexity index is 4230. The molecule has 0 atom stereocenters. The minimum absolute atomic E-state index is 0. The number of nitrogens with zero attached hydrogens (tertiary/aromatic N) is 4. The molecule has 38 heteroatoms. The molecule has 2 aromatic heterocycles. The predicted molar refractivity (Wildman–Crippen MR) is 277 cm³/mol. The fourth-order valence-electron chi connectivity index (χ4n) is 6.54. The van der Waals surface area contributed by atoms with Gasteiger partial charge in [-0.3, -0.25) is 16.7 Å². The Labute approximate surface area is 527 Å². The zero-order valence-corrected chi connectivity index (χ0v) is 53.5. The molecule has 0 radical (unpaired) electrons. The Morgan fingerprint density at radius 3 is 0.750 bits per heavy atom. The normalized spacial score (nSPS) is 12.4. The van der Waals surface area contributed by atoms with Crippen LogP contribution in [0.2, 0.25) is 0 Å². The van der Waals surface area contributed by atoms with Gasteiger partial charge in [-0.05, 0) is 46.5 Å². The molecule has 84 heavy (non-hydrogen) atoms. The second kappa shape index (κ2) is 28.5. The first-order valence-electron chi connectivity index (χ1n) is 22.3. The summed E-state index contributed by atoms with van der Waals surface area (Å²) in [5, 5.41) is -11.0. The van der Waals surface area contributed by atoms with E-state index >= 15 is 0 Å². The average Bonchev–Trinajstić information content (AvgIpc) is 2.07. The number of hydrogen-bond donors (Lipinski definition) is 0. The molecular weight excluding hydrogens is 1300 g/mol. The third kappa shape index (κ3) is 17.9. The number of aromatic nitrogens is 4. The third-order valence-corrected chi connectivity index (χ3v) is 19.6.